The Morgan fingerprint density at radius 3 is 2.62 bits per heavy atom. The minimum absolute atomic E-state index is 0.123. The van der Waals surface area contributed by atoms with Crippen molar-refractivity contribution in [2.75, 3.05) is 31.1 Å². The van der Waals surface area contributed by atoms with Crippen molar-refractivity contribution in [2.24, 2.45) is 0 Å². The number of aliphatic hydroxyl groups excluding tert-OH is 1. The van der Waals surface area contributed by atoms with Gasteiger partial charge < -0.3 is 10.0 Å². The molecular weight excluding hydrogens is 264 g/mol. The summed E-state index contributed by atoms with van der Waals surface area (Å²) in [6.07, 6.45) is 6.11. The smallest absolute Gasteiger partial charge is 0.150 e. The van der Waals surface area contributed by atoms with Crippen LogP contribution in [0.4, 0.5) is 5.82 Å². The van der Waals surface area contributed by atoms with Crippen LogP contribution in [0.3, 0.4) is 0 Å². The molecule has 0 bridgehead atoms. The van der Waals surface area contributed by atoms with E-state index in [0.717, 1.165) is 69.1 Å². The van der Waals surface area contributed by atoms with Crippen LogP contribution in [0.5, 0.6) is 0 Å². The van der Waals surface area contributed by atoms with Gasteiger partial charge in [0.05, 0.1) is 17.5 Å². The molecular formula is C16H26N4O. The third kappa shape index (κ3) is 3.35. The van der Waals surface area contributed by atoms with Gasteiger partial charge >= 0.3 is 0 Å². The van der Waals surface area contributed by atoms with Gasteiger partial charge in [0.25, 0.3) is 0 Å². The number of hydrogen-bond donors (Lipinski definition) is 1. The third-order valence-corrected chi connectivity index (χ3v) is 4.76. The van der Waals surface area contributed by atoms with Gasteiger partial charge in [0.15, 0.2) is 0 Å². The van der Waals surface area contributed by atoms with Crippen molar-refractivity contribution in [3.8, 4) is 0 Å². The summed E-state index contributed by atoms with van der Waals surface area (Å²) in [6.45, 7) is 8.11. The summed E-state index contributed by atoms with van der Waals surface area (Å²) in [5, 5.41) is 9.84. The predicted octanol–water partition coefficient (Wildman–Crippen LogP) is 1.52. The molecule has 5 nitrogen and oxygen atoms in total. The van der Waals surface area contributed by atoms with Crippen molar-refractivity contribution >= 4 is 5.82 Å². The molecule has 3 heterocycles. The fourth-order valence-corrected chi connectivity index (χ4v) is 3.58. The number of anilines is 1. The van der Waals surface area contributed by atoms with Crippen molar-refractivity contribution in [3.63, 3.8) is 0 Å². The lowest BCUT2D eigenvalue weighted by atomic mass is 9.99. The van der Waals surface area contributed by atoms with Gasteiger partial charge in [-0.05, 0) is 46.1 Å². The summed E-state index contributed by atoms with van der Waals surface area (Å²) in [5.41, 5.74) is 2.00. The Bertz CT molecular complexity index is 485. The second-order valence-corrected chi connectivity index (χ2v) is 6.43. The monoisotopic (exact) mass is 290 g/mol. The number of β-amino-alcohol motifs (C(OH)–C–C–N with tert-alkyl or cyclic N) is 1. The fraction of sp³-hybridized carbons (Fsp3) is 0.750. The number of aryl methyl sites for hydroxylation is 2. The van der Waals surface area contributed by atoms with Crippen molar-refractivity contribution < 1.29 is 5.11 Å². The maximum Gasteiger partial charge on any atom is 0.150 e. The Balaban J connectivity index is 1.61. The maximum atomic E-state index is 9.84. The standard InChI is InChI=1S/C16H26N4O/c1-12-10-17-13(2)16(18-12)19-8-5-14(6-9-19)20-7-3-4-15(21)11-20/h10,14-15,21H,3-9,11H2,1-2H3/t15-/m0/s1. The van der Waals surface area contributed by atoms with Crippen LogP contribution in [-0.4, -0.2) is 58.3 Å². The summed E-state index contributed by atoms with van der Waals surface area (Å²) >= 11 is 0. The van der Waals surface area contributed by atoms with E-state index in [2.05, 4.69) is 19.8 Å². The Labute approximate surface area is 127 Å². The van der Waals surface area contributed by atoms with Gasteiger partial charge in [-0.2, -0.15) is 0 Å². The van der Waals surface area contributed by atoms with E-state index in [1.165, 1.54) is 0 Å². The molecule has 0 radical (unpaired) electrons. The van der Waals surface area contributed by atoms with E-state index < -0.39 is 0 Å². The summed E-state index contributed by atoms with van der Waals surface area (Å²) in [7, 11) is 0. The first kappa shape index (κ1) is 14.7. The van der Waals surface area contributed by atoms with Crippen molar-refractivity contribution in [1.29, 1.82) is 0 Å². The van der Waals surface area contributed by atoms with Crippen molar-refractivity contribution in [3.05, 3.63) is 17.6 Å². The average Bonchev–Trinajstić information content (AvgIpc) is 2.50. The first-order valence-corrected chi connectivity index (χ1v) is 8.11. The first-order chi connectivity index (χ1) is 10.1. The molecule has 116 valence electrons. The minimum atomic E-state index is -0.123. The predicted molar refractivity (Wildman–Crippen MR) is 83.6 cm³/mol. The van der Waals surface area contributed by atoms with E-state index in [-0.39, 0.29) is 6.10 Å². The van der Waals surface area contributed by atoms with E-state index in [0.29, 0.717) is 6.04 Å². The largest absolute Gasteiger partial charge is 0.392 e. The number of rotatable bonds is 2. The number of piperidine rings is 2. The SMILES string of the molecule is Cc1cnc(C)c(N2CCC(N3CCC[C@H](O)C3)CC2)n1. The summed E-state index contributed by atoms with van der Waals surface area (Å²) in [6, 6.07) is 0.620. The van der Waals surface area contributed by atoms with Crippen molar-refractivity contribution in [2.45, 2.75) is 51.7 Å². The normalized spacial score (nSPS) is 25.3. The Morgan fingerprint density at radius 2 is 1.90 bits per heavy atom. The molecule has 1 N–H and O–H groups in total. The molecule has 1 aromatic rings. The Kier molecular flexibility index (Phi) is 4.40. The van der Waals surface area contributed by atoms with Gasteiger partial charge in [-0.15, -0.1) is 0 Å². The van der Waals surface area contributed by atoms with E-state index in [1.807, 2.05) is 20.0 Å². The molecule has 5 heteroatoms. The highest BCUT2D eigenvalue weighted by Gasteiger charge is 2.29. The molecule has 0 aromatic carbocycles. The summed E-state index contributed by atoms with van der Waals surface area (Å²) in [5.74, 6) is 1.05. The Hall–Kier alpha value is -1.20. The Morgan fingerprint density at radius 1 is 1.14 bits per heavy atom. The van der Waals surface area contributed by atoms with Crippen LogP contribution in [0.1, 0.15) is 37.1 Å². The first-order valence-electron chi connectivity index (χ1n) is 8.11. The second-order valence-electron chi connectivity index (χ2n) is 6.43. The van der Waals surface area contributed by atoms with E-state index in [9.17, 15) is 5.11 Å². The molecule has 0 saturated carbocycles. The average molecular weight is 290 g/mol. The lowest BCUT2D eigenvalue weighted by Gasteiger charge is -2.41. The molecule has 2 aliphatic heterocycles. The van der Waals surface area contributed by atoms with Gasteiger partial charge in [0, 0.05) is 31.9 Å². The number of nitrogens with zero attached hydrogens (tertiary/aromatic N) is 4. The van der Waals surface area contributed by atoms with Gasteiger partial charge in [-0.25, -0.2) is 4.98 Å². The fourth-order valence-electron chi connectivity index (χ4n) is 3.58. The molecule has 21 heavy (non-hydrogen) atoms. The number of hydrogen-bond acceptors (Lipinski definition) is 5. The molecule has 2 fully saturated rings. The molecule has 2 saturated heterocycles. The maximum absolute atomic E-state index is 9.84. The molecule has 0 spiro atoms. The van der Waals surface area contributed by atoms with Crippen LogP contribution >= 0.6 is 0 Å². The quantitative estimate of drug-likeness (QED) is 0.895. The topological polar surface area (TPSA) is 52.5 Å². The number of likely N-dealkylation sites (tertiary alicyclic amines) is 1. The highest BCUT2D eigenvalue weighted by molar-refractivity contribution is 5.43. The molecule has 0 unspecified atom stereocenters. The highest BCUT2D eigenvalue weighted by atomic mass is 16.3. The van der Waals surface area contributed by atoms with Crippen molar-refractivity contribution in [1.82, 2.24) is 14.9 Å². The van der Waals surface area contributed by atoms with E-state index in [1.54, 1.807) is 0 Å². The lowest BCUT2D eigenvalue weighted by Crippen LogP contribution is -2.49. The summed E-state index contributed by atoms with van der Waals surface area (Å²) in [4.78, 5) is 13.9. The zero-order valence-corrected chi connectivity index (χ0v) is 13.1. The van der Waals surface area contributed by atoms with E-state index in [4.69, 9.17) is 0 Å². The van der Waals surface area contributed by atoms with Crippen LogP contribution < -0.4 is 4.90 Å². The zero-order chi connectivity index (χ0) is 14.8. The van der Waals surface area contributed by atoms with Gasteiger partial charge in [-0.1, -0.05) is 0 Å². The zero-order valence-electron chi connectivity index (χ0n) is 13.1. The lowest BCUT2D eigenvalue weighted by molar-refractivity contribution is 0.0398. The van der Waals surface area contributed by atoms with Crippen LogP contribution in [0.2, 0.25) is 0 Å². The van der Waals surface area contributed by atoms with Crippen LogP contribution in [0.15, 0.2) is 6.20 Å². The van der Waals surface area contributed by atoms with Crippen LogP contribution in [-0.2, 0) is 0 Å². The number of aromatic nitrogens is 2. The van der Waals surface area contributed by atoms with Gasteiger partial charge in [0.2, 0.25) is 0 Å². The molecule has 0 aliphatic carbocycles. The molecule has 1 atom stereocenters. The van der Waals surface area contributed by atoms with Crippen LogP contribution in [0, 0.1) is 13.8 Å². The van der Waals surface area contributed by atoms with Gasteiger partial charge in [-0.3, -0.25) is 9.88 Å². The number of aliphatic hydroxyl groups is 1. The van der Waals surface area contributed by atoms with E-state index >= 15 is 0 Å². The van der Waals surface area contributed by atoms with Gasteiger partial charge in [0.1, 0.15) is 5.82 Å². The molecule has 3 rings (SSSR count). The summed E-state index contributed by atoms with van der Waals surface area (Å²) < 4.78 is 0. The third-order valence-electron chi connectivity index (χ3n) is 4.76. The highest BCUT2D eigenvalue weighted by Crippen LogP contribution is 2.25. The molecule has 1 aromatic heterocycles. The minimum Gasteiger partial charge on any atom is -0.392 e. The molecule has 0 amide bonds. The molecule has 2 aliphatic rings. The second kappa shape index (κ2) is 6.28. The van der Waals surface area contributed by atoms with Crippen LogP contribution in [0.25, 0.3) is 0 Å².